The van der Waals surface area contributed by atoms with Crippen molar-refractivity contribution in [3.8, 4) is 6.07 Å². The molecule has 0 aromatic heterocycles. The highest BCUT2D eigenvalue weighted by molar-refractivity contribution is 5.89. The Bertz CT molecular complexity index is 534. The monoisotopic (exact) mass is 289 g/mol. The third-order valence-corrected chi connectivity index (χ3v) is 3.07. The van der Waals surface area contributed by atoms with Crippen molar-refractivity contribution in [1.29, 1.82) is 5.26 Å². The fourth-order valence-corrected chi connectivity index (χ4v) is 1.76. The van der Waals surface area contributed by atoms with E-state index < -0.39 is 11.9 Å². The van der Waals surface area contributed by atoms with Crippen LogP contribution in [0.1, 0.15) is 19.4 Å². The third kappa shape index (κ3) is 5.15. The van der Waals surface area contributed by atoms with Crippen molar-refractivity contribution in [2.24, 2.45) is 5.92 Å². The minimum Gasteiger partial charge on any atom is -0.481 e. The molecule has 2 N–H and O–H groups in total. The van der Waals surface area contributed by atoms with Crippen molar-refractivity contribution in [2.45, 2.75) is 20.3 Å². The molecule has 0 saturated carbocycles. The van der Waals surface area contributed by atoms with E-state index in [1.54, 1.807) is 38.1 Å². The van der Waals surface area contributed by atoms with E-state index in [0.29, 0.717) is 18.7 Å². The first-order chi connectivity index (χ1) is 9.97. The van der Waals surface area contributed by atoms with Gasteiger partial charge in [-0.3, -0.25) is 4.79 Å². The maximum Gasteiger partial charge on any atom is 0.321 e. The minimum absolute atomic E-state index is 0.157. The second kappa shape index (κ2) is 7.90. The van der Waals surface area contributed by atoms with Gasteiger partial charge in [-0.2, -0.15) is 5.26 Å². The van der Waals surface area contributed by atoms with E-state index in [4.69, 9.17) is 10.4 Å². The van der Waals surface area contributed by atoms with E-state index in [1.807, 2.05) is 0 Å². The summed E-state index contributed by atoms with van der Waals surface area (Å²) in [5.41, 5.74) is 1.49. The van der Waals surface area contributed by atoms with Crippen molar-refractivity contribution in [3.05, 3.63) is 29.8 Å². The number of anilines is 1. The molecular formula is C15H19N3O3. The molecule has 6 heteroatoms. The van der Waals surface area contributed by atoms with Crippen LogP contribution in [0.5, 0.6) is 0 Å². The SMILES string of the molecule is CCN(CC(C)C(=O)O)C(=O)Nc1ccc(CC#N)cc1. The summed E-state index contributed by atoms with van der Waals surface area (Å²) in [5.74, 6) is -1.55. The van der Waals surface area contributed by atoms with Gasteiger partial charge in [0.15, 0.2) is 0 Å². The van der Waals surface area contributed by atoms with E-state index in [0.717, 1.165) is 5.56 Å². The molecule has 1 aromatic carbocycles. The summed E-state index contributed by atoms with van der Waals surface area (Å²) in [6.07, 6.45) is 0.325. The first-order valence-electron chi connectivity index (χ1n) is 6.72. The van der Waals surface area contributed by atoms with E-state index in [9.17, 15) is 9.59 Å². The number of aliphatic carboxylic acids is 1. The first-order valence-corrected chi connectivity index (χ1v) is 6.72. The Morgan fingerprint density at radius 2 is 2.00 bits per heavy atom. The van der Waals surface area contributed by atoms with Gasteiger partial charge in [0.05, 0.1) is 18.4 Å². The second-order valence-corrected chi connectivity index (χ2v) is 4.74. The molecule has 0 aliphatic rings. The second-order valence-electron chi connectivity index (χ2n) is 4.74. The van der Waals surface area contributed by atoms with Gasteiger partial charge in [0, 0.05) is 18.8 Å². The summed E-state index contributed by atoms with van der Waals surface area (Å²) in [4.78, 5) is 24.4. The van der Waals surface area contributed by atoms with Gasteiger partial charge >= 0.3 is 12.0 Å². The lowest BCUT2D eigenvalue weighted by atomic mass is 10.1. The summed E-state index contributed by atoms with van der Waals surface area (Å²) in [6.45, 7) is 3.94. The van der Waals surface area contributed by atoms with Crippen LogP contribution in [0.2, 0.25) is 0 Å². The molecule has 1 rings (SSSR count). The molecule has 1 unspecified atom stereocenters. The van der Waals surface area contributed by atoms with Gasteiger partial charge in [-0.1, -0.05) is 19.1 Å². The van der Waals surface area contributed by atoms with Crippen LogP contribution in [0.25, 0.3) is 0 Å². The third-order valence-electron chi connectivity index (χ3n) is 3.07. The van der Waals surface area contributed by atoms with Crippen LogP contribution < -0.4 is 5.32 Å². The number of carbonyl (C=O) groups is 2. The predicted molar refractivity (Wildman–Crippen MR) is 78.8 cm³/mol. The number of hydrogen-bond donors (Lipinski definition) is 2. The van der Waals surface area contributed by atoms with Crippen LogP contribution >= 0.6 is 0 Å². The average Bonchev–Trinajstić information content (AvgIpc) is 2.46. The van der Waals surface area contributed by atoms with Gasteiger partial charge in [0.25, 0.3) is 0 Å². The van der Waals surface area contributed by atoms with Crippen LogP contribution in [-0.2, 0) is 11.2 Å². The fraction of sp³-hybridized carbons (Fsp3) is 0.400. The van der Waals surface area contributed by atoms with Crippen molar-refractivity contribution >= 4 is 17.7 Å². The summed E-state index contributed by atoms with van der Waals surface area (Å²) >= 11 is 0. The van der Waals surface area contributed by atoms with Crippen LogP contribution in [0.3, 0.4) is 0 Å². The van der Waals surface area contributed by atoms with Gasteiger partial charge in [0.1, 0.15) is 0 Å². The zero-order valence-electron chi connectivity index (χ0n) is 12.2. The standard InChI is InChI=1S/C15H19N3O3/c1-3-18(10-11(2)14(19)20)15(21)17-13-6-4-12(5-7-13)8-9-16/h4-7,11H,3,8,10H2,1-2H3,(H,17,21)(H,19,20). The zero-order chi connectivity index (χ0) is 15.8. The number of amides is 2. The minimum atomic E-state index is -0.929. The van der Waals surface area contributed by atoms with Gasteiger partial charge in [-0.25, -0.2) is 4.79 Å². The molecular weight excluding hydrogens is 270 g/mol. The number of nitrogens with one attached hydrogen (secondary N) is 1. The lowest BCUT2D eigenvalue weighted by Gasteiger charge is -2.23. The molecule has 0 bridgehead atoms. The highest BCUT2D eigenvalue weighted by Crippen LogP contribution is 2.11. The van der Waals surface area contributed by atoms with Crippen LogP contribution in [-0.4, -0.2) is 35.1 Å². The smallest absolute Gasteiger partial charge is 0.321 e. The Kier molecular flexibility index (Phi) is 6.21. The Labute approximate surface area is 124 Å². The highest BCUT2D eigenvalue weighted by atomic mass is 16.4. The quantitative estimate of drug-likeness (QED) is 0.840. The molecule has 1 aromatic rings. The molecule has 0 aliphatic heterocycles. The number of nitriles is 1. The number of benzene rings is 1. The molecule has 6 nitrogen and oxygen atoms in total. The first kappa shape index (κ1) is 16.5. The zero-order valence-corrected chi connectivity index (χ0v) is 12.2. The largest absolute Gasteiger partial charge is 0.481 e. The summed E-state index contributed by atoms with van der Waals surface area (Å²) < 4.78 is 0. The molecule has 0 radical (unpaired) electrons. The molecule has 1 atom stereocenters. The number of urea groups is 1. The lowest BCUT2D eigenvalue weighted by molar-refractivity contribution is -0.141. The Balaban J connectivity index is 2.65. The molecule has 112 valence electrons. The lowest BCUT2D eigenvalue weighted by Crippen LogP contribution is -2.39. The molecule has 2 amide bonds. The number of rotatable bonds is 6. The van der Waals surface area contributed by atoms with E-state index in [1.165, 1.54) is 4.90 Å². The number of hydrogen-bond acceptors (Lipinski definition) is 3. The topological polar surface area (TPSA) is 93.4 Å². The fourth-order valence-electron chi connectivity index (χ4n) is 1.76. The van der Waals surface area contributed by atoms with Gasteiger partial charge in [-0.15, -0.1) is 0 Å². The van der Waals surface area contributed by atoms with E-state index in [-0.39, 0.29) is 12.6 Å². The molecule has 0 fully saturated rings. The maximum atomic E-state index is 12.1. The van der Waals surface area contributed by atoms with Crippen molar-refractivity contribution < 1.29 is 14.7 Å². The summed E-state index contributed by atoms with van der Waals surface area (Å²) in [7, 11) is 0. The Morgan fingerprint density at radius 1 is 1.38 bits per heavy atom. The highest BCUT2D eigenvalue weighted by Gasteiger charge is 2.19. The summed E-state index contributed by atoms with van der Waals surface area (Å²) in [6, 6.07) is 8.71. The van der Waals surface area contributed by atoms with Crippen LogP contribution in [0, 0.1) is 17.2 Å². The number of nitrogens with zero attached hydrogens (tertiary/aromatic N) is 2. The van der Waals surface area contributed by atoms with Crippen molar-refractivity contribution in [1.82, 2.24) is 4.90 Å². The molecule has 0 aliphatic carbocycles. The number of carboxylic acids is 1. The van der Waals surface area contributed by atoms with Gasteiger partial charge in [-0.05, 0) is 24.6 Å². The van der Waals surface area contributed by atoms with E-state index >= 15 is 0 Å². The van der Waals surface area contributed by atoms with Crippen LogP contribution in [0.15, 0.2) is 24.3 Å². The average molecular weight is 289 g/mol. The maximum absolute atomic E-state index is 12.1. The molecule has 0 saturated heterocycles. The van der Waals surface area contributed by atoms with Gasteiger partial charge < -0.3 is 15.3 Å². The molecule has 0 heterocycles. The molecule has 21 heavy (non-hydrogen) atoms. The normalized spacial score (nSPS) is 11.3. The van der Waals surface area contributed by atoms with E-state index in [2.05, 4.69) is 11.4 Å². The van der Waals surface area contributed by atoms with Crippen molar-refractivity contribution in [2.75, 3.05) is 18.4 Å². The Morgan fingerprint density at radius 3 is 2.48 bits per heavy atom. The summed E-state index contributed by atoms with van der Waals surface area (Å²) in [5, 5.41) is 20.2. The molecule has 0 spiro atoms. The predicted octanol–water partition coefficient (Wildman–Crippen LogP) is 2.33. The van der Waals surface area contributed by atoms with Gasteiger partial charge in [0.2, 0.25) is 0 Å². The number of carboxylic acid groups (broad SMARTS) is 1. The van der Waals surface area contributed by atoms with Crippen molar-refractivity contribution in [3.63, 3.8) is 0 Å². The number of carbonyl (C=O) groups excluding carboxylic acids is 1. The Hall–Kier alpha value is -2.55. The van der Waals surface area contributed by atoms with Crippen LogP contribution in [0.4, 0.5) is 10.5 Å².